The van der Waals surface area contributed by atoms with Crippen molar-refractivity contribution in [3.63, 3.8) is 0 Å². The van der Waals surface area contributed by atoms with Crippen molar-refractivity contribution in [3.05, 3.63) is 54.1 Å². The van der Waals surface area contributed by atoms with E-state index in [1.807, 2.05) is 12.1 Å². The van der Waals surface area contributed by atoms with Gasteiger partial charge in [0.1, 0.15) is 6.61 Å². The molecule has 0 bridgehead atoms. The number of sulfone groups is 1. The minimum Gasteiger partial charge on any atom is -0.486 e. The molecule has 1 aliphatic rings. The average Bonchev–Trinajstić information content (AvgIpc) is 2.71. The first-order valence-corrected chi connectivity index (χ1v) is 10.2. The lowest BCUT2D eigenvalue weighted by atomic mass is 10.2. The molecular weight excluding hydrogens is 392 g/mol. The maximum absolute atomic E-state index is 12.7. The third-order valence-electron chi connectivity index (χ3n) is 4.32. The third kappa shape index (κ3) is 4.09. The molecule has 1 aliphatic heterocycles. The average molecular weight is 411 g/mol. The quantitative estimate of drug-likeness (QED) is 0.731. The van der Waals surface area contributed by atoms with Crippen LogP contribution in [0.4, 0.5) is 8.78 Å². The summed E-state index contributed by atoms with van der Waals surface area (Å²) in [5.41, 5.74) is 0.201. The highest BCUT2D eigenvalue weighted by molar-refractivity contribution is 7.91. The standard InChI is InChI=1S/C19H19F2NO5S/c1-2-22(11-14-12-26-16-5-3-4-6-17(16)27-14)18(23)13-7-9-15(10-8-13)28(24,25)19(20)21/h3-10,14,19H,2,11-12H2,1H3. The summed E-state index contributed by atoms with van der Waals surface area (Å²) in [5.74, 6) is -2.62. The first-order valence-electron chi connectivity index (χ1n) is 8.62. The van der Waals surface area contributed by atoms with Gasteiger partial charge in [-0.1, -0.05) is 12.1 Å². The number of para-hydroxylation sites is 2. The molecule has 9 heteroatoms. The Hall–Kier alpha value is -2.68. The molecule has 1 heterocycles. The first-order chi connectivity index (χ1) is 13.3. The second-order valence-corrected chi connectivity index (χ2v) is 8.09. The van der Waals surface area contributed by atoms with E-state index in [-0.39, 0.29) is 30.7 Å². The molecule has 2 aromatic rings. The summed E-state index contributed by atoms with van der Waals surface area (Å²) in [4.78, 5) is 13.7. The zero-order valence-corrected chi connectivity index (χ0v) is 15.9. The Morgan fingerprint density at radius 1 is 1.14 bits per heavy atom. The van der Waals surface area contributed by atoms with Gasteiger partial charge in [-0.3, -0.25) is 4.79 Å². The molecule has 6 nitrogen and oxygen atoms in total. The van der Waals surface area contributed by atoms with E-state index >= 15 is 0 Å². The van der Waals surface area contributed by atoms with Crippen LogP contribution in [0.25, 0.3) is 0 Å². The molecule has 0 radical (unpaired) electrons. The molecule has 28 heavy (non-hydrogen) atoms. The molecule has 2 aromatic carbocycles. The van der Waals surface area contributed by atoms with Crippen LogP contribution in [0.5, 0.6) is 11.5 Å². The lowest BCUT2D eigenvalue weighted by Gasteiger charge is -2.31. The van der Waals surface area contributed by atoms with E-state index in [2.05, 4.69) is 0 Å². The number of ether oxygens (including phenoxy) is 2. The fourth-order valence-corrected chi connectivity index (χ4v) is 3.55. The number of benzene rings is 2. The van der Waals surface area contributed by atoms with Gasteiger partial charge in [0.15, 0.2) is 17.6 Å². The fourth-order valence-electron chi connectivity index (χ4n) is 2.83. The van der Waals surface area contributed by atoms with E-state index in [9.17, 15) is 22.0 Å². The predicted octanol–water partition coefficient (Wildman–Crippen LogP) is 2.99. The number of alkyl halides is 2. The molecule has 1 unspecified atom stereocenters. The van der Waals surface area contributed by atoms with Crippen LogP contribution in [0.15, 0.2) is 53.4 Å². The summed E-state index contributed by atoms with van der Waals surface area (Å²) in [6.07, 6.45) is -0.364. The Balaban J connectivity index is 1.70. The van der Waals surface area contributed by atoms with Crippen LogP contribution in [-0.2, 0) is 9.84 Å². The van der Waals surface area contributed by atoms with Gasteiger partial charge in [0.25, 0.3) is 5.91 Å². The van der Waals surface area contributed by atoms with Crippen molar-refractivity contribution >= 4 is 15.7 Å². The molecule has 0 spiro atoms. The summed E-state index contributed by atoms with van der Waals surface area (Å²) in [6, 6.07) is 11.7. The molecule has 0 aromatic heterocycles. The number of hydrogen-bond acceptors (Lipinski definition) is 5. The Labute approximate surface area is 161 Å². The zero-order valence-electron chi connectivity index (χ0n) is 15.0. The maximum atomic E-state index is 12.7. The summed E-state index contributed by atoms with van der Waals surface area (Å²) in [5, 5.41) is 0. The Morgan fingerprint density at radius 3 is 2.39 bits per heavy atom. The van der Waals surface area contributed by atoms with Gasteiger partial charge in [0.05, 0.1) is 11.4 Å². The van der Waals surface area contributed by atoms with Gasteiger partial charge in [-0.2, -0.15) is 8.78 Å². The molecular formula is C19H19F2NO5S. The van der Waals surface area contributed by atoms with Gasteiger partial charge in [0, 0.05) is 12.1 Å². The number of hydrogen-bond donors (Lipinski definition) is 0. The highest BCUT2D eigenvalue weighted by Crippen LogP contribution is 2.31. The number of carbonyl (C=O) groups is 1. The summed E-state index contributed by atoms with van der Waals surface area (Å²) in [6.45, 7) is 2.73. The lowest BCUT2D eigenvalue weighted by Crippen LogP contribution is -2.43. The van der Waals surface area contributed by atoms with Gasteiger partial charge in [-0.25, -0.2) is 8.42 Å². The van der Waals surface area contributed by atoms with Crippen LogP contribution in [0, 0.1) is 0 Å². The van der Waals surface area contributed by atoms with Crippen molar-refractivity contribution in [1.29, 1.82) is 0 Å². The van der Waals surface area contributed by atoms with Gasteiger partial charge in [-0.05, 0) is 43.3 Å². The Morgan fingerprint density at radius 2 is 1.79 bits per heavy atom. The molecule has 0 fully saturated rings. The van der Waals surface area contributed by atoms with E-state index in [4.69, 9.17) is 9.47 Å². The first kappa shape index (κ1) is 20.1. The van der Waals surface area contributed by atoms with Crippen LogP contribution >= 0.6 is 0 Å². The van der Waals surface area contributed by atoms with Gasteiger partial charge >= 0.3 is 5.76 Å². The molecule has 3 rings (SSSR count). The highest BCUT2D eigenvalue weighted by atomic mass is 32.2. The van der Waals surface area contributed by atoms with E-state index < -0.39 is 20.5 Å². The van der Waals surface area contributed by atoms with Crippen molar-refractivity contribution in [3.8, 4) is 11.5 Å². The Kier molecular flexibility index (Phi) is 5.83. The molecule has 0 N–H and O–H groups in total. The third-order valence-corrected chi connectivity index (χ3v) is 5.72. The topological polar surface area (TPSA) is 72.9 Å². The minimum atomic E-state index is -4.69. The van der Waals surface area contributed by atoms with Crippen molar-refractivity contribution in [2.75, 3.05) is 19.7 Å². The monoisotopic (exact) mass is 411 g/mol. The number of fused-ring (bicyclic) bond motifs is 1. The number of likely N-dealkylation sites (N-methyl/N-ethyl adjacent to an activating group) is 1. The number of halogens is 2. The van der Waals surface area contributed by atoms with Gasteiger partial charge < -0.3 is 14.4 Å². The maximum Gasteiger partial charge on any atom is 0.341 e. The molecule has 0 aliphatic carbocycles. The Bertz CT molecular complexity index is 947. The molecule has 1 atom stereocenters. The van der Waals surface area contributed by atoms with E-state index in [1.165, 1.54) is 17.0 Å². The van der Waals surface area contributed by atoms with Crippen molar-refractivity contribution in [1.82, 2.24) is 4.90 Å². The van der Waals surface area contributed by atoms with Crippen LogP contribution in [-0.4, -0.2) is 50.8 Å². The number of rotatable bonds is 6. The zero-order chi connectivity index (χ0) is 20.3. The van der Waals surface area contributed by atoms with Gasteiger partial charge in [0.2, 0.25) is 9.84 Å². The fraction of sp³-hybridized carbons (Fsp3) is 0.316. The van der Waals surface area contributed by atoms with Gasteiger partial charge in [-0.15, -0.1) is 0 Å². The number of amides is 1. The summed E-state index contributed by atoms with van der Waals surface area (Å²) >= 11 is 0. The van der Waals surface area contributed by atoms with Crippen LogP contribution < -0.4 is 9.47 Å². The highest BCUT2D eigenvalue weighted by Gasteiger charge is 2.28. The van der Waals surface area contributed by atoms with Crippen molar-refractivity contribution in [2.24, 2.45) is 0 Å². The molecule has 150 valence electrons. The second-order valence-electron chi connectivity index (χ2n) is 6.17. The largest absolute Gasteiger partial charge is 0.486 e. The summed E-state index contributed by atoms with van der Waals surface area (Å²) in [7, 11) is -4.69. The van der Waals surface area contributed by atoms with Crippen LogP contribution in [0.1, 0.15) is 17.3 Å². The smallest absolute Gasteiger partial charge is 0.341 e. The SMILES string of the molecule is CCN(CC1COc2ccccc2O1)C(=O)c1ccc(S(=O)(=O)C(F)F)cc1. The number of carbonyl (C=O) groups excluding carboxylic acids is 1. The van der Waals surface area contributed by atoms with Crippen molar-refractivity contribution < 1.29 is 31.5 Å². The predicted molar refractivity (Wildman–Crippen MR) is 97.6 cm³/mol. The molecule has 0 saturated carbocycles. The normalized spacial score (nSPS) is 16.1. The second kappa shape index (κ2) is 8.14. The van der Waals surface area contributed by atoms with Crippen molar-refractivity contribution in [2.45, 2.75) is 23.7 Å². The number of nitrogens with zero attached hydrogens (tertiary/aromatic N) is 1. The van der Waals surface area contributed by atoms with Crippen LogP contribution in [0.2, 0.25) is 0 Å². The minimum absolute atomic E-state index is 0.201. The van der Waals surface area contributed by atoms with E-state index in [0.717, 1.165) is 12.1 Å². The van der Waals surface area contributed by atoms with E-state index in [1.54, 1.807) is 19.1 Å². The van der Waals surface area contributed by atoms with Crippen LogP contribution in [0.3, 0.4) is 0 Å². The van der Waals surface area contributed by atoms with E-state index in [0.29, 0.717) is 18.0 Å². The molecule has 0 saturated heterocycles. The molecule has 1 amide bonds. The lowest BCUT2D eigenvalue weighted by molar-refractivity contribution is 0.0475. The summed E-state index contributed by atoms with van der Waals surface area (Å²) < 4.78 is 59.7.